The lowest BCUT2D eigenvalue weighted by molar-refractivity contribution is -0.147. The van der Waals surface area contributed by atoms with Gasteiger partial charge in [-0.3, -0.25) is 4.79 Å². The molecule has 1 fully saturated rings. The van der Waals surface area contributed by atoms with Crippen LogP contribution in [0.4, 0.5) is 0 Å². The van der Waals surface area contributed by atoms with Crippen molar-refractivity contribution >= 4 is 11.9 Å². The molecule has 0 aliphatic heterocycles. The Hall–Kier alpha value is -3.33. The van der Waals surface area contributed by atoms with E-state index < -0.39 is 11.9 Å². The first-order valence-corrected chi connectivity index (χ1v) is 9.92. The van der Waals surface area contributed by atoms with E-state index in [0.717, 1.165) is 16.9 Å². The SMILES string of the molecule is CCOC(=O)/C(C#N)=C/C1C(C(=O)OCc2coc(Cc3ccccc3)c2)C1(C)C. The molecule has 1 saturated carbocycles. The Morgan fingerprint density at radius 3 is 2.60 bits per heavy atom. The first-order chi connectivity index (χ1) is 14.4. The molecule has 2 unspecified atom stereocenters. The minimum absolute atomic E-state index is 0.0781. The number of allylic oxidation sites excluding steroid dienone is 1. The van der Waals surface area contributed by atoms with E-state index in [1.54, 1.807) is 13.2 Å². The molecule has 6 nitrogen and oxygen atoms in total. The van der Waals surface area contributed by atoms with E-state index in [9.17, 15) is 14.9 Å². The molecular formula is C24H25NO5. The largest absolute Gasteiger partial charge is 0.469 e. The molecule has 0 radical (unpaired) electrons. The van der Waals surface area contributed by atoms with Crippen LogP contribution in [0.1, 0.15) is 37.7 Å². The number of rotatable bonds is 8. The van der Waals surface area contributed by atoms with E-state index in [4.69, 9.17) is 13.9 Å². The van der Waals surface area contributed by atoms with Crippen molar-refractivity contribution < 1.29 is 23.5 Å². The zero-order valence-electron chi connectivity index (χ0n) is 17.4. The third-order valence-electron chi connectivity index (χ3n) is 5.44. The van der Waals surface area contributed by atoms with Crippen molar-refractivity contribution in [3.63, 3.8) is 0 Å². The number of hydrogen-bond acceptors (Lipinski definition) is 6. The molecule has 0 saturated heterocycles. The zero-order valence-corrected chi connectivity index (χ0v) is 17.4. The standard InChI is InChI=1S/C24H25NO5/c1-4-28-22(26)18(13-25)12-20-21(24(20,2)3)23(27)30-15-17-11-19(29-14-17)10-16-8-6-5-7-9-16/h5-9,11-12,14,20-21H,4,10,15H2,1-3H3/b18-12+. The van der Waals surface area contributed by atoms with Crippen LogP contribution in [0.2, 0.25) is 0 Å². The number of hydrogen-bond donors (Lipinski definition) is 0. The number of carbonyl (C=O) groups is 2. The number of carbonyl (C=O) groups excluding carboxylic acids is 2. The monoisotopic (exact) mass is 407 g/mol. The fourth-order valence-electron chi connectivity index (χ4n) is 3.61. The Kier molecular flexibility index (Phi) is 6.41. The van der Waals surface area contributed by atoms with Crippen molar-refractivity contribution in [1.82, 2.24) is 0 Å². The molecule has 1 aromatic carbocycles. The van der Waals surface area contributed by atoms with Crippen LogP contribution >= 0.6 is 0 Å². The second-order valence-corrected chi connectivity index (χ2v) is 7.93. The normalized spacial score (nSPS) is 19.6. The van der Waals surface area contributed by atoms with Gasteiger partial charge >= 0.3 is 11.9 Å². The number of furan rings is 1. The number of esters is 2. The third-order valence-corrected chi connectivity index (χ3v) is 5.44. The van der Waals surface area contributed by atoms with Crippen LogP contribution in [0.25, 0.3) is 0 Å². The van der Waals surface area contributed by atoms with Gasteiger partial charge in [0.1, 0.15) is 24.0 Å². The number of nitrogens with zero attached hydrogens (tertiary/aromatic N) is 1. The molecule has 1 aliphatic carbocycles. The molecule has 3 rings (SSSR count). The molecule has 0 bridgehead atoms. The minimum Gasteiger partial charge on any atom is -0.469 e. The molecule has 2 aromatic rings. The van der Waals surface area contributed by atoms with Crippen LogP contribution < -0.4 is 0 Å². The molecule has 0 amide bonds. The van der Waals surface area contributed by atoms with Gasteiger partial charge in [0.2, 0.25) is 0 Å². The maximum Gasteiger partial charge on any atom is 0.348 e. The fourth-order valence-corrected chi connectivity index (χ4v) is 3.61. The molecule has 1 aliphatic rings. The summed E-state index contributed by atoms with van der Waals surface area (Å²) in [5.74, 6) is -0.881. The topological polar surface area (TPSA) is 89.5 Å². The van der Waals surface area contributed by atoms with Gasteiger partial charge in [0.25, 0.3) is 0 Å². The summed E-state index contributed by atoms with van der Waals surface area (Å²) in [6.45, 7) is 5.80. The molecule has 156 valence electrons. The highest BCUT2D eigenvalue weighted by molar-refractivity contribution is 5.93. The van der Waals surface area contributed by atoms with Crippen molar-refractivity contribution in [3.05, 3.63) is 71.2 Å². The average molecular weight is 407 g/mol. The van der Waals surface area contributed by atoms with Gasteiger partial charge in [-0.2, -0.15) is 5.26 Å². The van der Waals surface area contributed by atoms with Gasteiger partial charge in [0.05, 0.1) is 18.8 Å². The maximum absolute atomic E-state index is 12.6. The summed E-state index contributed by atoms with van der Waals surface area (Å²) in [5.41, 5.74) is 1.45. The highest BCUT2D eigenvalue weighted by Crippen LogP contribution is 2.59. The maximum atomic E-state index is 12.6. The van der Waals surface area contributed by atoms with Crippen LogP contribution in [0.5, 0.6) is 0 Å². The van der Waals surface area contributed by atoms with Crippen LogP contribution in [0.15, 0.2) is 58.7 Å². The molecule has 1 heterocycles. The number of benzene rings is 1. The Morgan fingerprint density at radius 1 is 1.20 bits per heavy atom. The lowest BCUT2D eigenvalue weighted by atomic mass is 10.1. The lowest BCUT2D eigenvalue weighted by Gasteiger charge is -2.03. The highest BCUT2D eigenvalue weighted by Gasteiger charge is 2.61. The number of ether oxygens (including phenoxy) is 2. The van der Waals surface area contributed by atoms with Crippen molar-refractivity contribution in [2.75, 3.05) is 6.61 Å². The van der Waals surface area contributed by atoms with E-state index in [1.165, 1.54) is 6.08 Å². The molecule has 0 spiro atoms. The molecule has 2 atom stereocenters. The van der Waals surface area contributed by atoms with Gasteiger partial charge in [-0.15, -0.1) is 0 Å². The highest BCUT2D eigenvalue weighted by atomic mass is 16.5. The van der Waals surface area contributed by atoms with Crippen molar-refractivity contribution in [3.8, 4) is 6.07 Å². The van der Waals surface area contributed by atoms with Crippen LogP contribution in [-0.2, 0) is 32.1 Å². The van der Waals surface area contributed by atoms with Crippen molar-refractivity contribution in [2.45, 2.75) is 33.8 Å². The summed E-state index contributed by atoms with van der Waals surface area (Å²) in [7, 11) is 0. The van der Waals surface area contributed by atoms with E-state index in [1.807, 2.05) is 56.3 Å². The first-order valence-electron chi connectivity index (χ1n) is 9.92. The van der Waals surface area contributed by atoms with Crippen LogP contribution in [0.3, 0.4) is 0 Å². The first kappa shape index (κ1) is 21.4. The quantitative estimate of drug-likeness (QED) is 0.370. The summed E-state index contributed by atoms with van der Waals surface area (Å²) >= 11 is 0. The lowest BCUT2D eigenvalue weighted by Crippen LogP contribution is -2.10. The number of nitriles is 1. The predicted molar refractivity (Wildman–Crippen MR) is 109 cm³/mol. The van der Waals surface area contributed by atoms with E-state index in [-0.39, 0.29) is 36.1 Å². The predicted octanol–water partition coefficient (Wildman–Crippen LogP) is 4.20. The Morgan fingerprint density at radius 2 is 1.93 bits per heavy atom. The Balaban J connectivity index is 1.57. The summed E-state index contributed by atoms with van der Waals surface area (Å²) < 4.78 is 15.9. The van der Waals surface area contributed by atoms with Crippen molar-refractivity contribution in [2.24, 2.45) is 17.3 Å². The van der Waals surface area contributed by atoms with Gasteiger partial charge in [0.15, 0.2) is 0 Å². The van der Waals surface area contributed by atoms with Crippen LogP contribution in [-0.4, -0.2) is 18.5 Å². The zero-order chi connectivity index (χ0) is 21.7. The molecule has 0 N–H and O–H groups in total. The third kappa shape index (κ3) is 4.80. The van der Waals surface area contributed by atoms with Gasteiger partial charge in [-0.1, -0.05) is 50.3 Å². The minimum atomic E-state index is -0.667. The fraction of sp³-hybridized carbons (Fsp3) is 0.375. The molecule has 30 heavy (non-hydrogen) atoms. The summed E-state index contributed by atoms with van der Waals surface area (Å²) in [4.78, 5) is 24.4. The Labute approximate surface area is 176 Å². The second-order valence-electron chi connectivity index (χ2n) is 7.93. The van der Waals surface area contributed by atoms with E-state index >= 15 is 0 Å². The molecular weight excluding hydrogens is 382 g/mol. The van der Waals surface area contributed by atoms with Gasteiger partial charge in [0, 0.05) is 12.0 Å². The van der Waals surface area contributed by atoms with Gasteiger partial charge < -0.3 is 13.9 Å². The van der Waals surface area contributed by atoms with Crippen LogP contribution in [0, 0.1) is 28.6 Å². The van der Waals surface area contributed by atoms with Gasteiger partial charge in [-0.05, 0) is 29.9 Å². The molecule has 1 aromatic heterocycles. The smallest absolute Gasteiger partial charge is 0.348 e. The summed E-state index contributed by atoms with van der Waals surface area (Å²) in [5, 5.41) is 9.21. The second kappa shape index (κ2) is 9.00. The average Bonchev–Trinajstić information content (AvgIpc) is 3.03. The summed E-state index contributed by atoms with van der Waals surface area (Å²) in [6.07, 6.45) is 3.79. The summed E-state index contributed by atoms with van der Waals surface area (Å²) in [6, 6.07) is 13.7. The van der Waals surface area contributed by atoms with E-state index in [2.05, 4.69) is 0 Å². The van der Waals surface area contributed by atoms with Gasteiger partial charge in [-0.25, -0.2) is 4.79 Å². The van der Waals surface area contributed by atoms with Crippen molar-refractivity contribution in [1.29, 1.82) is 5.26 Å². The van der Waals surface area contributed by atoms with E-state index in [0.29, 0.717) is 6.42 Å². The Bertz CT molecular complexity index is 981. The molecule has 6 heteroatoms.